The maximum absolute atomic E-state index is 3.52. The first-order valence-corrected chi connectivity index (χ1v) is 5.85. The maximum atomic E-state index is 3.52. The number of rotatable bonds is 6. The van der Waals surface area contributed by atoms with Gasteiger partial charge < -0.3 is 10.6 Å². The molecule has 0 fully saturated rings. The van der Waals surface area contributed by atoms with Gasteiger partial charge in [0.2, 0.25) is 0 Å². The molecule has 1 aliphatic carbocycles. The fraction of sp³-hybridized carbons (Fsp3) is 0.538. The Kier molecular flexibility index (Phi) is 3.75. The highest BCUT2D eigenvalue weighted by atomic mass is 14.9. The minimum Gasteiger partial charge on any atom is -0.320 e. The molecule has 2 rings (SSSR count). The quantitative estimate of drug-likeness (QED) is 0.687. The van der Waals surface area contributed by atoms with Gasteiger partial charge >= 0.3 is 0 Å². The minimum absolute atomic E-state index is 0.760. The Morgan fingerprint density at radius 2 is 2.13 bits per heavy atom. The second-order valence-electron chi connectivity index (χ2n) is 4.26. The van der Waals surface area contributed by atoms with E-state index in [0.29, 0.717) is 0 Å². The van der Waals surface area contributed by atoms with Crippen molar-refractivity contribution in [1.29, 1.82) is 0 Å². The summed E-state index contributed by atoms with van der Waals surface area (Å²) in [6.07, 6.45) is 2.47. The lowest BCUT2D eigenvalue weighted by Gasteiger charge is -2.30. The van der Waals surface area contributed by atoms with E-state index in [2.05, 4.69) is 34.9 Å². The van der Waals surface area contributed by atoms with Crippen LogP contribution in [-0.4, -0.2) is 26.7 Å². The largest absolute Gasteiger partial charge is 0.320 e. The second kappa shape index (κ2) is 5.29. The lowest BCUT2D eigenvalue weighted by Crippen LogP contribution is -2.30. The Balaban J connectivity index is 1.67. The third kappa shape index (κ3) is 2.58. The molecule has 0 aromatic heterocycles. The maximum Gasteiger partial charge on any atom is 0.00234 e. The monoisotopic (exact) mass is 204 g/mol. The number of hydrogen-bond donors (Lipinski definition) is 2. The molecule has 0 heterocycles. The molecule has 0 saturated heterocycles. The van der Waals surface area contributed by atoms with Gasteiger partial charge in [-0.25, -0.2) is 0 Å². The summed E-state index contributed by atoms with van der Waals surface area (Å²) in [5, 5.41) is 6.68. The molecule has 2 nitrogen and oxygen atoms in total. The Morgan fingerprint density at radius 3 is 2.93 bits per heavy atom. The van der Waals surface area contributed by atoms with Crippen molar-refractivity contribution in [2.24, 2.45) is 0 Å². The van der Waals surface area contributed by atoms with Crippen LogP contribution in [0.5, 0.6) is 0 Å². The van der Waals surface area contributed by atoms with Gasteiger partial charge in [0.1, 0.15) is 0 Å². The molecule has 0 bridgehead atoms. The van der Waals surface area contributed by atoms with Gasteiger partial charge in [0, 0.05) is 12.5 Å². The summed E-state index contributed by atoms with van der Waals surface area (Å²) in [6, 6.07) is 8.78. The lowest BCUT2D eigenvalue weighted by atomic mass is 9.77. The van der Waals surface area contributed by atoms with E-state index in [4.69, 9.17) is 0 Å². The van der Waals surface area contributed by atoms with Crippen LogP contribution in [0, 0.1) is 0 Å². The van der Waals surface area contributed by atoms with Crippen molar-refractivity contribution in [2.45, 2.75) is 18.8 Å². The second-order valence-corrected chi connectivity index (χ2v) is 4.26. The zero-order valence-corrected chi connectivity index (χ0v) is 9.42. The van der Waals surface area contributed by atoms with Crippen LogP contribution < -0.4 is 10.6 Å². The van der Waals surface area contributed by atoms with Gasteiger partial charge in [-0.05, 0) is 44.1 Å². The van der Waals surface area contributed by atoms with Crippen molar-refractivity contribution in [3.63, 3.8) is 0 Å². The normalized spacial score (nSPS) is 18.3. The summed E-state index contributed by atoms with van der Waals surface area (Å²) < 4.78 is 0. The van der Waals surface area contributed by atoms with Crippen molar-refractivity contribution in [2.75, 3.05) is 26.7 Å². The van der Waals surface area contributed by atoms with Crippen LogP contribution in [-0.2, 0) is 6.42 Å². The summed E-state index contributed by atoms with van der Waals surface area (Å²) in [6.45, 7) is 3.37. The van der Waals surface area contributed by atoms with Gasteiger partial charge in [0.25, 0.3) is 0 Å². The highest BCUT2D eigenvalue weighted by Gasteiger charge is 2.24. The molecule has 1 atom stereocenters. The van der Waals surface area contributed by atoms with Crippen LogP contribution in [0.1, 0.15) is 23.5 Å². The summed E-state index contributed by atoms with van der Waals surface area (Å²) >= 11 is 0. The van der Waals surface area contributed by atoms with Crippen LogP contribution >= 0.6 is 0 Å². The molecule has 0 aliphatic heterocycles. The highest BCUT2D eigenvalue weighted by molar-refractivity contribution is 5.40. The summed E-state index contributed by atoms with van der Waals surface area (Å²) in [4.78, 5) is 0. The number of benzene rings is 1. The molecule has 2 heteroatoms. The number of nitrogens with one attached hydrogen (secondary N) is 2. The van der Waals surface area contributed by atoms with E-state index in [1.807, 2.05) is 7.05 Å². The Hall–Kier alpha value is -0.860. The van der Waals surface area contributed by atoms with Crippen molar-refractivity contribution in [1.82, 2.24) is 10.6 Å². The predicted octanol–water partition coefficient (Wildman–Crippen LogP) is 1.53. The molecule has 0 radical (unpaired) electrons. The molecule has 2 N–H and O–H groups in total. The first-order valence-electron chi connectivity index (χ1n) is 5.85. The van der Waals surface area contributed by atoms with Crippen LogP contribution in [0.2, 0.25) is 0 Å². The zero-order chi connectivity index (χ0) is 10.5. The molecule has 15 heavy (non-hydrogen) atoms. The smallest absolute Gasteiger partial charge is 0.00234 e. The molecular weight excluding hydrogens is 184 g/mol. The molecule has 0 saturated carbocycles. The molecule has 82 valence electrons. The number of fused-ring (bicyclic) bond motifs is 1. The SMILES string of the molecule is CNCCCNCC1Cc2ccccc21. The number of hydrogen-bond acceptors (Lipinski definition) is 2. The zero-order valence-electron chi connectivity index (χ0n) is 9.42. The van der Waals surface area contributed by atoms with Crippen LogP contribution in [0.15, 0.2) is 24.3 Å². The van der Waals surface area contributed by atoms with E-state index in [0.717, 1.165) is 25.6 Å². The lowest BCUT2D eigenvalue weighted by molar-refractivity contribution is 0.525. The van der Waals surface area contributed by atoms with Crippen LogP contribution in [0.25, 0.3) is 0 Å². The topological polar surface area (TPSA) is 24.1 Å². The van der Waals surface area contributed by atoms with Gasteiger partial charge in [-0.15, -0.1) is 0 Å². The van der Waals surface area contributed by atoms with Crippen molar-refractivity contribution >= 4 is 0 Å². The van der Waals surface area contributed by atoms with Crippen molar-refractivity contribution in [3.05, 3.63) is 35.4 Å². The van der Waals surface area contributed by atoms with Gasteiger partial charge in [-0.1, -0.05) is 24.3 Å². The first-order chi connectivity index (χ1) is 7.42. The van der Waals surface area contributed by atoms with E-state index < -0.39 is 0 Å². The van der Waals surface area contributed by atoms with E-state index in [1.54, 1.807) is 11.1 Å². The summed E-state index contributed by atoms with van der Waals surface area (Å²) in [7, 11) is 2.00. The van der Waals surface area contributed by atoms with E-state index >= 15 is 0 Å². The average molecular weight is 204 g/mol. The molecule has 1 unspecified atom stereocenters. The van der Waals surface area contributed by atoms with Crippen molar-refractivity contribution in [3.8, 4) is 0 Å². The standard InChI is InChI=1S/C13H20N2/c1-14-7-4-8-15-10-12-9-11-5-2-3-6-13(11)12/h2-3,5-6,12,14-15H,4,7-10H2,1H3. The highest BCUT2D eigenvalue weighted by Crippen LogP contribution is 2.33. The Morgan fingerprint density at radius 1 is 1.27 bits per heavy atom. The van der Waals surface area contributed by atoms with Crippen LogP contribution in [0.4, 0.5) is 0 Å². The molecule has 0 spiro atoms. The van der Waals surface area contributed by atoms with Gasteiger partial charge in [0.15, 0.2) is 0 Å². The summed E-state index contributed by atoms with van der Waals surface area (Å²) in [5.41, 5.74) is 3.10. The first kappa shape index (κ1) is 10.7. The molecule has 1 aromatic rings. The molecule has 1 aliphatic rings. The van der Waals surface area contributed by atoms with E-state index in [-0.39, 0.29) is 0 Å². The van der Waals surface area contributed by atoms with Crippen molar-refractivity contribution < 1.29 is 0 Å². The third-order valence-electron chi connectivity index (χ3n) is 3.13. The third-order valence-corrected chi connectivity index (χ3v) is 3.13. The Bertz CT molecular complexity index is 309. The molecule has 0 amide bonds. The predicted molar refractivity (Wildman–Crippen MR) is 64.3 cm³/mol. The molecule has 1 aromatic carbocycles. The Labute approximate surface area is 92.1 Å². The van der Waals surface area contributed by atoms with Crippen LogP contribution in [0.3, 0.4) is 0 Å². The van der Waals surface area contributed by atoms with E-state index in [1.165, 1.54) is 12.8 Å². The fourth-order valence-corrected chi connectivity index (χ4v) is 2.21. The van der Waals surface area contributed by atoms with Gasteiger partial charge in [0.05, 0.1) is 0 Å². The summed E-state index contributed by atoms with van der Waals surface area (Å²) in [5.74, 6) is 0.760. The molecular formula is C13H20N2. The van der Waals surface area contributed by atoms with Gasteiger partial charge in [-0.2, -0.15) is 0 Å². The average Bonchev–Trinajstić information content (AvgIpc) is 2.24. The van der Waals surface area contributed by atoms with Gasteiger partial charge in [-0.3, -0.25) is 0 Å². The van der Waals surface area contributed by atoms with E-state index in [9.17, 15) is 0 Å². The fourth-order valence-electron chi connectivity index (χ4n) is 2.21. The minimum atomic E-state index is 0.760.